The zero-order valence-corrected chi connectivity index (χ0v) is 15.1. The van der Waals surface area contributed by atoms with Gasteiger partial charge in [-0.05, 0) is 32.0 Å². The Bertz CT molecular complexity index is 1110. The minimum absolute atomic E-state index is 0.0961. The first-order chi connectivity index (χ1) is 13.6. The number of rotatable bonds is 5. The van der Waals surface area contributed by atoms with E-state index in [1.54, 1.807) is 6.92 Å². The lowest BCUT2D eigenvalue weighted by Crippen LogP contribution is -2.16. The van der Waals surface area contributed by atoms with Gasteiger partial charge in [-0.1, -0.05) is 0 Å². The number of amides is 1. The van der Waals surface area contributed by atoms with E-state index >= 15 is 0 Å². The van der Waals surface area contributed by atoms with E-state index in [1.807, 2.05) is 0 Å². The van der Waals surface area contributed by atoms with Gasteiger partial charge in [0, 0.05) is 11.8 Å². The van der Waals surface area contributed by atoms with Crippen LogP contribution in [0.25, 0.3) is 5.65 Å². The Labute approximate surface area is 161 Å². The Kier molecular flexibility index (Phi) is 5.10. The van der Waals surface area contributed by atoms with E-state index < -0.39 is 28.4 Å². The molecule has 2 heterocycles. The SMILES string of the molecule is CCOc1ccc(NC(=O)c2cc3nc(C)cc(C(F)(F)F)n3n2)c([N+](=O)[O-])c1. The van der Waals surface area contributed by atoms with Gasteiger partial charge in [0.2, 0.25) is 0 Å². The van der Waals surface area contributed by atoms with E-state index in [-0.39, 0.29) is 35.1 Å². The van der Waals surface area contributed by atoms with Crippen molar-refractivity contribution in [3.63, 3.8) is 0 Å². The lowest BCUT2D eigenvalue weighted by atomic mass is 10.2. The molecule has 1 amide bonds. The van der Waals surface area contributed by atoms with Gasteiger partial charge in [-0.25, -0.2) is 9.50 Å². The highest BCUT2D eigenvalue weighted by atomic mass is 19.4. The molecule has 9 nitrogen and oxygen atoms in total. The Morgan fingerprint density at radius 3 is 2.66 bits per heavy atom. The molecule has 3 rings (SSSR count). The quantitative estimate of drug-likeness (QED) is 0.509. The summed E-state index contributed by atoms with van der Waals surface area (Å²) in [6.45, 7) is 3.37. The van der Waals surface area contributed by atoms with Gasteiger partial charge in [0.25, 0.3) is 11.6 Å². The minimum Gasteiger partial charge on any atom is -0.494 e. The van der Waals surface area contributed by atoms with Crippen molar-refractivity contribution in [3.05, 3.63) is 57.5 Å². The number of benzene rings is 1. The van der Waals surface area contributed by atoms with E-state index in [9.17, 15) is 28.1 Å². The van der Waals surface area contributed by atoms with E-state index in [0.29, 0.717) is 4.52 Å². The molecule has 0 aliphatic carbocycles. The first-order valence-electron chi connectivity index (χ1n) is 8.27. The monoisotopic (exact) mass is 409 g/mol. The molecule has 12 heteroatoms. The highest BCUT2D eigenvalue weighted by Crippen LogP contribution is 2.31. The number of carbonyl (C=O) groups excluding carboxylic acids is 1. The van der Waals surface area contributed by atoms with E-state index in [0.717, 1.165) is 18.2 Å². The lowest BCUT2D eigenvalue weighted by Gasteiger charge is -2.09. The Balaban J connectivity index is 1.98. The molecule has 1 N–H and O–H groups in total. The molecule has 29 heavy (non-hydrogen) atoms. The third-order valence-electron chi connectivity index (χ3n) is 3.80. The highest BCUT2D eigenvalue weighted by Gasteiger charge is 2.35. The summed E-state index contributed by atoms with van der Waals surface area (Å²) in [5.41, 5.74) is -2.14. The van der Waals surface area contributed by atoms with Gasteiger partial charge in [-0.2, -0.15) is 18.3 Å². The molecule has 3 aromatic rings. The summed E-state index contributed by atoms with van der Waals surface area (Å²) in [5, 5.41) is 17.2. The summed E-state index contributed by atoms with van der Waals surface area (Å²) in [4.78, 5) is 27.0. The molecule has 0 saturated heterocycles. The number of alkyl halides is 3. The second kappa shape index (κ2) is 7.37. The van der Waals surface area contributed by atoms with Crippen molar-refractivity contribution in [2.24, 2.45) is 0 Å². The van der Waals surface area contributed by atoms with Crippen molar-refractivity contribution in [2.75, 3.05) is 11.9 Å². The number of nitrogens with one attached hydrogen (secondary N) is 1. The standard InChI is InChI=1S/C17H14F3N5O4/c1-3-29-10-4-5-11(13(7-10)25(27)28)22-16(26)12-8-15-21-9(2)6-14(17(18,19)20)24(15)23-12/h4-8H,3H2,1-2H3,(H,22,26). The molecular formula is C17H14F3N5O4. The van der Waals surface area contributed by atoms with Gasteiger partial charge in [0.05, 0.1) is 17.6 Å². The maximum absolute atomic E-state index is 13.2. The molecule has 0 radical (unpaired) electrons. The number of nitrogens with zero attached hydrogens (tertiary/aromatic N) is 4. The van der Waals surface area contributed by atoms with Gasteiger partial charge < -0.3 is 10.1 Å². The van der Waals surface area contributed by atoms with Crippen molar-refractivity contribution < 1.29 is 27.6 Å². The highest BCUT2D eigenvalue weighted by molar-refractivity contribution is 6.04. The van der Waals surface area contributed by atoms with Gasteiger partial charge in [0.1, 0.15) is 17.1 Å². The van der Waals surface area contributed by atoms with Gasteiger partial charge in [0.15, 0.2) is 11.3 Å². The molecule has 2 aromatic heterocycles. The minimum atomic E-state index is -4.71. The van der Waals surface area contributed by atoms with Crippen LogP contribution < -0.4 is 10.1 Å². The Hall–Kier alpha value is -3.70. The summed E-state index contributed by atoms with van der Waals surface area (Å²) in [7, 11) is 0. The number of aryl methyl sites for hydroxylation is 1. The second-order valence-electron chi connectivity index (χ2n) is 5.90. The number of carbonyl (C=O) groups is 1. The van der Waals surface area contributed by atoms with Crippen molar-refractivity contribution in [3.8, 4) is 5.75 Å². The summed E-state index contributed by atoms with van der Waals surface area (Å²) < 4.78 is 45.4. The lowest BCUT2D eigenvalue weighted by molar-refractivity contribution is -0.384. The number of hydrogen-bond acceptors (Lipinski definition) is 6. The average Bonchev–Trinajstić information content (AvgIpc) is 3.05. The third-order valence-corrected chi connectivity index (χ3v) is 3.80. The number of fused-ring (bicyclic) bond motifs is 1. The predicted molar refractivity (Wildman–Crippen MR) is 94.9 cm³/mol. The van der Waals surface area contributed by atoms with Crippen LogP contribution in [0.4, 0.5) is 24.5 Å². The van der Waals surface area contributed by atoms with Crippen LogP contribution in [0, 0.1) is 17.0 Å². The fourth-order valence-electron chi connectivity index (χ4n) is 2.62. The van der Waals surface area contributed by atoms with E-state index in [4.69, 9.17) is 4.74 Å². The topological polar surface area (TPSA) is 112 Å². The van der Waals surface area contributed by atoms with Crippen LogP contribution >= 0.6 is 0 Å². The van der Waals surface area contributed by atoms with Crippen LogP contribution in [0.5, 0.6) is 5.75 Å². The molecule has 152 valence electrons. The summed E-state index contributed by atoms with van der Waals surface area (Å²) in [6.07, 6.45) is -4.71. The average molecular weight is 409 g/mol. The first kappa shape index (κ1) is 20.0. The summed E-state index contributed by atoms with van der Waals surface area (Å²) in [5.74, 6) is -0.687. The van der Waals surface area contributed by atoms with Gasteiger partial charge >= 0.3 is 6.18 Å². The fraction of sp³-hybridized carbons (Fsp3) is 0.235. The molecule has 0 saturated carbocycles. The number of anilines is 1. The smallest absolute Gasteiger partial charge is 0.433 e. The molecule has 0 bridgehead atoms. The molecule has 0 spiro atoms. The number of nitro groups is 1. The zero-order valence-electron chi connectivity index (χ0n) is 15.1. The Morgan fingerprint density at radius 1 is 1.31 bits per heavy atom. The fourth-order valence-corrected chi connectivity index (χ4v) is 2.62. The van der Waals surface area contributed by atoms with Crippen molar-refractivity contribution in [2.45, 2.75) is 20.0 Å². The van der Waals surface area contributed by atoms with Crippen molar-refractivity contribution in [1.29, 1.82) is 0 Å². The largest absolute Gasteiger partial charge is 0.494 e. The summed E-state index contributed by atoms with van der Waals surface area (Å²) >= 11 is 0. The van der Waals surface area contributed by atoms with E-state index in [1.165, 1.54) is 19.1 Å². The summed E-state index contributed by atoms with van der Waals surface area (Å²) in [6, 6.07) is 5.69. The van der Waals surface area contributed by atoms with Gasteiger partial charge in [-0.15, -0.1) is 0 Å². The number of aromatic nitrogens is 3. The van der Waals surface area contributed by atoms with Gasteiger partial charge in [-0.3, -0.25) is 14.9 Å². The van der Waals surface area contributed by atoms with Crippen LogP contribution in [0.15, 0.2) is 30.3 Å². The number of ether oxygens (including phenoxy) is 1. The molecule has 0 aliphatic heterocycles. The number of nitro benzene ring substituents is 1. The number of halogens is 3. The molecule has 0 atom stereocenters. The van der Waals surface area contributed by atoms with Crippen LogP contribution in [0.1, 0.15) is 28.8 Å². The predicted octanol–water partition coefficient (Wildman–Crippen LogP) is 3.62. The van der Waals surface area contributed by atoms with Crippen LogP contribution in [-0.2, 0) is 6.18 Å². The maximum Gasteiger partial charge on any atom is 0.433 e. The van der Waals surface area contributed by atoms with Crippen molar-refractivity contribution >= 4 is 22.9 Å². The van der Waals surface area contributed by atoms with Crippen molar-refractivity contribution in [1.82, 2.24) is 14.6 Å². The maximum atomic E-state index is 13.2. The van der Waals surface area contributed by atoms with Crippen LogP contribution in [0.2, 0.25) is 0 Å². The molecule has 0 aliphatic rings. The van der Waals surface area contributed by atoms with E-state index in [2.05, 4.69) is 15.4 Å². The first-order valence-corrected chi connectivity index (χ1v) is 8.27. The third kappa shape index (κ3) is 4.10. The second-order valence-corrected chi connectivity index (χ2v) is 5.90. The molecule has 1 aromatic carbocycles. The molecule has 0 unspecified atom stereocenters. The van der Waals surface area contributed by atoms with Crippen LogP contribution in [-0.4, -0.2) is 32.0 Å². The molecule has 0 fully saturated rings. The van der Waals surface area contributed by atoms with Crippen LogP contribution in [0.3, 0.4) is 0 Å². The normalized spacial score (nSPS) is 11.5. The molecular weight excluding hydrogens is 395 g/mol. The Morgan fingerprint density at radius 2 is 2.03 bits per heavy atom. The zero-order chi connectivity index (χ0) is 21.3. The number of hydrogen-bond donors (Lipinski definition) is 1.